The number of rotatable bonds is 3. The monoisotopic (exact) mass is 233 g/mol. The van der Waals surface area contributed by atoms with Gasteiger partial charge in [-0.25, -0.2) is 0 Å². The summed E-state index contributed by atoms with van der Waals surface area (Å²) in [6.45, 7) is 0.198. The molecule has 3 N–H and O–H groups in total. The van der Waals surface area contributed by atoms with Crippen molar-refractivity contribution in [1.82, 2.24) is 9.78 Å². The molecule has 1 aromatic heterocycles. The van der Waals surface area contributed by atoms with E-state index in [1.165, 1.54) is 4.68 Å². The molecule has 2 aromatic rings. The van der Waals surface area contributed by atoms with Crippen molar-refractivity contribution < 1.29 is 4.74 Å². The topological polar surface area (TPSA) is 73.0 Å². The number of H-pyrrole nitrogens is 1. The van der Waals surface area contributed by atoms with Crippen molar-refractivity contribution in [3.8, 4) is 17.0 Å². The summed E-state index contributed by atoms with van der Waals surface area (Å²) in [7, 11) is 3.27. The van der Waals surface area contributed by atoms with Gasteiger partial charge in [0.15, 0.2) is 0 Å². The zero-order valence-electron chi connectivity index (χ0n) is 9.86. The first kappa shape index (κ1) is 11.5. The van der Waals surface area contributed by atoms with E-state index in [4.69, 9.17) is 10.5 Å². The smallest absolute Gasteiger partial charge is 0.271 e. The van der Waals surface area contributed by atoms with E-state index >= 15 is 0 Å². The lowest BCUT2D eigenvalue weighted by atomic mass is 10.1. The molecule has 0 fully saturated rings. The highest BCUT2D eigenvalue weighted by Gasteiger charge is 2.15. The van der Waals surface area contributed by atoms with Crippen LogP contribution in [0.2, 0.25) is 0 Å². The van der Waals surface area contributed by atoms with Crippen molar-refractivity contribution in [2.75, 3.05) is 7.11 Å². The van der Waals surface area contributed by atoms with Gasteiger partial charge < -0.3 is 10.5 Å². The maximum Gasteiger partial charge on any atom is 0.271 e. The van der Waals surface area contributed by atoms with Crippen molar-refractivity contribution in [3.05, 3.63) is 40.2 Å². The highest BCUT2D eigenvalue weighted by Crippen LogP contribution is 2.29. The number of para-hydroxylation sites is 1. The zero-order chi connectivity index (χ0) is 12.4. The number of aryl methyl sites for hydroxylation is 1. The molecule has 0 amide bonds. The Balaban J connectivity index is 2.68. The van der Waals surface area contributed by atoms with Crippen LogP contribution in [0, 0.1) is 0 Å². The van der Waals surface area contributed by atoms with E-state index < -0.39 is 0 Å². The van der Waals surface area contributed by atoms with Crippen molar-refractivity contribution in [2.24, 2.45) is 12.8 Å². The summed E-state index contributed by atoms with van der Waals surface area (Å²) in [6, 6.07) is 7.51. The molecular weight excluding hydrogens is 218 g/mol. The molecule has 90 valence electrons. The predicted molar refractivity (Wildman–Crippen MR) is 65.9 cm³/mol. The highest BCUT2D eigenvalue weighted by atomic mass is 16.5. The number of hydrogen-bond donors (Lipinski definition) is 2. The molecule has 0 aliphatic rings. The van der Waals surface area contributed by atoms with Gasteiger partial charge in [-0.1, -0.05) is 12.1 Å². The van der Waals surface area contributed by atoms with Gasteiger partial charge in [-0.2, -0.15) is 0 Å². The molecule has 17 heavy (non-hydrogen) atoms. The van der Waals surface area contributed by atoms with Gasteiger partial charge in [-0.3, -0.25) is 14.6 Å². The third kappa shape index (κ3) is 1.85. The molecule has 1 heterocycles. The molecule has 0 saturated heterocycles. The molecule has 2 rings (SSSR count). The van der Waals surface area contributed by atoms with Gasteiger partial charge in [0.1, 0.15) is 5.75 Å². The highest BCUT2D eigenvalue weighted by molar-refractivity contribution is 5.69. The first-order valence-corrected chi connectivity index (χ1v) is 5.30. The zero-order valence-corrected chi connectivity index (χ0v) is 9.86. The molecule has 5 heteroatoms. The fourth-order valence-corrected chi connectivity index (χ4v) is 1.86. The molecule has 0 aliphatic heterocycles. The number of aromatic amines is 1. The SMILES string of the molecule is COc1ccccc1-c1[nH]n(C)c(=O)c1CN. The Morgan fingerprint density at radius 2 is 2.12 bits per heavy atom. The van der Waals surface area contributed by atoms with Crippen LogP contribution in [0.15, 0.2) is 29.1 Å². The molecule has 0 unspecified atom stereocenters. The average molecular weight is 233 g/mol. The second kappa shape index (κ2) is 4.47. The number of nitrogens with two attached hydrogens (primary N) is 1. The van der Waals surface area contributed by atoms with Gasteiger partial charge in [0, 0.05) is 19.2 Å². The number of nitrogens with one attached hydrogen (secondary N) is 1. The van der Waals surface area contributed by atoms with Crippen LogP contribution in [0.1, 0.15) is 5.56 Å². The van der Waals surface area contributed by atoms with E-state index in [1.54, 1.807) is 14.2 Å². The van der Waals surface area contributed by atoms with Crippen LogP contribution < -0.4 is 16.0 Å². The third-order valence-electron chi connectivity index (χ3n) is 2.72. The first-order chi connectivity index (χ1) is 8.19. The lowest BCUT2D eigenvalue weighted by Gasteiger charge is -2.07. The van der Waals surface area contributed by atoms with Crippen LogP contribution >= 0.6 is 0 Å². The number of hydrogen-bond acceptors (Lipinski definition) is 3. The standard InChI is InChI=1S/C12H15N3O2/c1-15-12(16)9(7-13)11(14-15)8-5-3-4-6-10(8)17-2/h3-6,14H,7,13H2,1-2H3. The molecule has 0 aliphatic carbocycles. The Morgan fingerprint density at radius 3 is 2.76 bits per heavy atom. The van der Waals surface area contributed by atoms with E-state index in [2.05, 4.69) is 5.10 Å². The predicted octanol–water partition coefficient (Wildman–Crippen LogP) is 0.848. The van der Waals surface area contributed by atoms with Crippen LogP contribution in [0.25, 0.3) is 11.3 Å². The maximum absolute atomic E-state index is 11.8. The molecule has 0 radical (unpaired) electrons. The minimum absolute atomic E-state index is 0.103. The van der Waals surface area contributed by atoms with Crippen molar-refractivity contribution in [3.63, 3.8) is 0 Å². The summed E-state index contributed by atoms with van der Waals surface area (Å²) in [6.07, 6.45) is 0. The molecule has 0 spiro atoms. The number of methoxy groups -OCH3 is 1. The van der Waals surface area contributed by atoms with Crippen molar-refractivity contribution in [1.29, 1.82) is 0 Å². The summed E-state index contributed by atoms with van der Waals surface area (Å²) in [5, 5.41) is 3.00. The van der Waals surface area contributed by atoms with Crippen molar-refractivity contribution in [2.45, 2.75) is 6.54 Å². The fraction of sp³-hybridized carbons (Fsp3) is 0.250. The van der Waals surface area contributed by atoms with Crippen LogP contribution in [0.4, 0.5) is 0 Å². The van der Waals surface area contributed by atoms with Gasteiger partial charge in [0.2, 0.25) is 0 Å². The number of ether oxygens (including phenoxy) is 1. The van der Waals surface area contributed by atoms with E-state index in [9.17, 15) is 4.79 Å². The van der Waals surface area contributed by atoms with Crippen LogP contribution in [0.3, 0.4) is 0 Å². The Labute approximate surface area is 98.8 Å². The Kier molecular flexibility index (Phi) is 3.01. The quantitative estimate of drug-likeness (QED) is 0.825. The summed E-state index contributed by atoms with van der Waals surface area (Å²) < 4.78 is 6.70. The van der Waals surface area contributed by atoms with Crippen LogP contribution in [-0.2, 0) is 13.6 Å². The summed E-state index contributed by atoms with van der Waals surface area (Å²) in [5.74, 6) is 0.712. The van der Waals surface area contributed by atoms with Crippen LogP contribution in [0.5, 0.6) is 5.75 Å². The van der Waals surface area contributed by atoms with E-state index in [0.29, 0.717) is 11.3 Å². The van der Waals surface area contributed by atoms with Gasteiger partial charge in [0.25, 0.3) is 5.56 Å². The van der Waals surface area contributed by atoms with E-state index in [1.807, 2.05) is 24.3 Å². The van der Waals surface area contributed by atoms with Crippen LogP contribution in [-0.4, -0.2) is 16.9 Å². The average Bonchev–Trinajstić information content (AvgIpc) is 2.65. The molecule has 0 saturated carbocycles. The first-order valence-electron chi connectivity index (χ1n) is 5.30. The Morgan fingerprint density at radius 1 is 1.41 bits per heavy atom. The van der Waals surface area contributed by atoms with E-state index in [0.717, 1.165) is 11.3 Å². The van der Waals surface area contributed by atoms with Gasteiger partial charge in [-0.15, -0.1) is 0 Å². The molecule has 0 atom stereocenters. The summed E-state index contributed by atoms with van der Waals surface area (Å²) in [4.78, 5) is 11.8. The second-order valence-electron chi connectivity index (χ2n) is 3.73. The lowest BCUT2D eigenvalue weighted by molar-refractivity contribution is 0.416. The maximum atomic E-state index is 11.8. The number of benzene rings is 1. The number of aromatic nitrogens is 2. The largest absolute Gasteiger partial charge is 0.496 e. The number of nitrogens with zero attached hydrogens (tertiary/aromatic N) is 1. The summed E-state index contributed by atoms with van der Waals surface area (Å²) >= 11 is 0. The molecule has 1 aromatic carbocycles. The molecule has 5 nitrogen and oxygen atoms in total. The van der Waals surface area contributed by atoms with E-state index in [-0.39, 0.29) is 12.1 Å². The van der Waals surface area contributed by atoms with Gasteiger partial charge in [0.05, 0.1) is 18.4 Å². The van der Waals surface area contributed by atoms with Gasteiger partial charge in [-0.05, 0) is 12.1 Å². The normalized spacial score (nSPS) is 10.5. The van der Waals surface area contributed by atoms with Crippen molar-refractivity contribution >= 4 is 0 Å². The minimum Gasteiger partial charge on any atom is -0.496 e. The minimum atomic E-state index is -0.103. The Bertz CT molecular complexity index is 584. The summed E-state index contributed by atoms with van der Waals surface area (Å²) in [5.41, 5.74) is 7.64. The molecular formula is C12H15N3O2. The fourth-order valence-electron chi connectivity index (χ4n) is 1.86. The molecule has 0 bridgehead atoms. The van der Waals surface area contributed by atoms with Gasteiger partial charge >= 0.3 is 0 Å². The lowest BCUT2D eigenvalue weighted by Crippen LogP contribution is -2.17. The Hall–Kier alpha value is -2.01. The second-order valence-corrected chi connectivity index (χ2v) is 3.73. The third-order valence-corrected chi connectivity index (χ3v) is 2.72.